The van der Waals surface area contributed by atoms with Crippen molar-refractivity contribution in [2.24, 2.45) is 0 Å². The van der Waals surface area contributed by atoms with Crippen molar-refractivity contribution in [3.63, 3.8) is 0 Å². The van der Waals surface area contributed by atoms with E-state index in [2.05, 4.69) is 54.7 Å². The van der Waals surface area contributed by atoms with Gasteiger partial charge in [0, 0.05) is 23.5 Å². The second-order valence-electron chi connectivity index (χ2n) is 5.20. The Morgan fingerprint density at radius 2 is 1.95 bits per heavy atom. The van der Waals surface area contributed by atoms with Crippen molar-refractivity contribution in [3.8, 4) is 0 Å². The maximum Gasteiger partial charge on any atom is 0.0943 e. The number of likely N-dealkylation sites (N-methyl/N-ethyl adjacent to an activating group) is 1. The van der Waals surface area contributed by atoms with Crippen LogP contribution in [0.3, 0.4) is 0 Å². The number of hydrogen-bond acceptors (Lipinski definition) is 3. The second-order valence-corrected chi connectivity index (χ2v) is 6.14. The summed E-state index contributed by atoms with van der Waals surface area (Å²) in [5.41, 5.74) is 5.26. The van der Waals surface area contributed by atoms with Crippen LogP contribution in [0.2, 0.25) is 0 Å². The first-order valence-electron chi connectivity index (χ1n) is 6.73. The molecule has 19 heavy (non-hydrogen) atoms. The first-order valence-corrected chi connectivity index (χ1v) is 7.61. The van der Waals surface area contributed by atoms with Gasteiger partial charge in [0.15, 0.2) is 0 Å². The quantitative estimate of drug-likeness (QED) is 0.903. The predicted molar refractivity (Wildman–Crippen MR) is 83.0 cm³/mol. The number of aromatic nitrogens is 1. The maximum absolute atomic E-state index is 4.55. The van der Waals surface area contributed by atoms with Gasteiger partial charge in [0.1, 0.15) is 0 Å². The molecular weight excluding hydrogens is 252 g/mol. The van der Waals surface area contributed by atoms with Gasteiger partial charge >= 0.3 is 0 Å². The van der Waals surface area contributed by atoms with Gasteiger partial charge in [-0.1, -0.05) is 18.2 Å². The molecule has 0 aliphatic heterocycles. The van der Waals surface area contributed by atoms with Crippen LogP contribution in [-0.4, -0.2) is 18.1 Å². The molecule has 1 atom stereocenters. The van der Waals surface area contributed by atoms with Crippen LogP contribution in [0.1, 0.15) is 27.4 Å². The molecule has 0 aliphatic rings. The number of thiazole rings is 1. The van der Waals surface area contributed by atoms with E-state index in [4.69, 9.17) is 0 Å². The molecule has 102 valence electrons. The minimum absolute atomic E-state index is 0.452. The van der Waals surface area contributed by atoms with Crippen molar-refractivity contribution in [3.05, 3.63) is 51.0 Å². The van der Waals surface area contributed by atoms with E-state index < -0.39 is 0 Å². The summed E-state index contributed by atoms with van der Waals surface area (Å²) in [5.74, 6) is 0. The molecule has 2 rings (SSSR count). The lowest BCUT2D eigenvalue weighted by atomic mass is 9.99. The molecule has 1 N–H and O–H groups in total. The van der Waals surface area contributed by atoms with Crippen molar-refractivity contribution in [1.29, 1.82) is 0 Å². The fourth-order valence-electron chi connectivity index (χ4n) is 2.20. The highest BCUT2D eigenvalue weighted by Gasteiger charge is 2.11. The highest BCUT2D eigenvalue weighted by atomic mass is 32.1. The number of benzene rings is 1. The zero-order valence-corrected chi connectivity index (χ0v) is 13.0. The highest BCUT2D eigenvalue weighted by molar-refractivity contribution is 7.09. The van der Waals surface area contributed by atoms with E-state index in [1.165, 1.54) is 21.7 Å². The summed E-state index contributed by atoms with van der Waals surface area (Å²) >= 11 is 1.76. The van der Waals surface area contributed by atoms with Crippen molar-refractivity contribution in [2.45, 2.75) is 39.7 Å². The molecule has 0 fully saturated rings. The Labute approximate surface area is 119 Å². The summed E-state index contributed by atoms with van der Waals surface area (Å²) in [7, 11) is 2.03. The largest absolute Gasteiger partial charge is 0.316 e. The molecule has 0 radical (unpaired) electrons. The molecule has 0 saturated carbocycles. The Morgan fingerprint density at radius 3 is 2.53 bits per heavy atom. The first-order chi connectivity index (χ1) is 9.08. The minimum atomic E-state index is 0.452. The van der Waals surface area contributed by atoms with Crippen LogP contribution in [0.5, 0.6) is 0 Å². The third kappa shape index (κ3) is 3.88. The minimum Gasteiger partial charge on any atom is -0.316 e. The Bertz CT molecular complexity index is 545. The number of aryl methyl sites for hydroxylation is 3. The number of rotatable bonds is 5. The molecule has 1 aromatic heterocycles. The van der Waals surface area contributed by atoms with Gasteiger partial charge < -0.3 is 5.32 Å². The highest BCUT2D eigenvalue weighted by Crippen LogP contribution is 2.15. The smallest absolute Gasteiger partial charge is 0.0943 e. The molecule has 1 aromatic carbocycles. The third-order valence-corrected chi connectivity index (χ3v) is 4.54. The predicted octanol–water partition coefficient (Wildman–Crippen LogP) is 3.44. The fraction of sp³-hybridized carbons (Fsp3) is 0.438. The lowest BCUT2D eigenvalue weighted by Crippen LogP contribution is -2.29. The maximum atomic E-state index is 4.55. The van der Waals surface area contributed by atoms with E-state index in [0.29, 0.717) is 6.04 Å². The van der Waals surface area contributed by atoms with Gasteiger partial charge in [-0.05, 0) is 50.9 Å². The summed E-state index contributed by atoms with van der Waals surface area (Å²) in [5, 5.41) is 6.75. The van der Waals surface area contributed by atoms with E-state index >= 15 is 0 Å². The van der Waals surface area contributed by atoms with Crippen LogP contribution >= 0.6 is 11.3 Å². The van der Waals surface area contributed by atoms with E-state index in [9.17, 15) is 0 Å². The zero-order chi connectivity index (χ0) is 13.8. The lowest BCUT2D eigenvalue weighted by molar-refractivity contribution is 0.554. The summed E-state index contributed by atoms with van der Waals surface area (Å²) in [6, 6.07) is 7.20. The number of hydrogen-bond donors (Lipinski definition) is 1. The number of nitrogens with zero attached hydrogens (tertiary/aromatic N) is 1. The van der Waals surface area contributed by atoms with Crippen LogP contribution < -0.4 is 5.32 Å². The van der Waals surface area contributed by atoms with Gasteiger partial charge in [-0.25, -0.2) is 4.98 Å². The van der Waals surface area contributed by atoms with E-state index in [0.717, 1.165) is 18.5 Å². The lowest BCUT2D eigenvalue weighted by Gasteiger charge is -2.15. The average molecular weight is 274 g/mol. The van der Waals surface area contributed by atoms with Crippen molar-refractivity contribution >= 4 is 11.3 Å². The van der Waals surface area contributed by atoms with E-state index in [1.54, 1.807) is 11.3 Å². The molecule has 0 spiro atoms. The summed E-state index contributed by atoms with van der Waals surface area (Å²) in [6.07, 6.45) is 2.05. The number of nitrogens with one attached hydrogen (secondary N) is 1. The third-order valence-electron chi connectivity index (χ3n) is 3.55. The molecular formula is C16H22N2S. The second kappa shape index (κ2) is 6.31. The molecule has 1 heterocycles. The SMILES string of the molecule is CNC(Cc1ccc(C)c(C)c1)Cc1nc(C)cs1. The normalized spacial score (nSPS) is 12.6. The van der Waals surface area contributed by atoms with Gasteiger partial charge in [0.2, 0.25) is 0 Å². The summed E-state index contributed by atoms with van der Waals surface area (Å²) in [4.78, 5) is 4.55. The summed E-state index contributed by atoms with van der Waals surface area (Å²) < 4.78 is 0. The van der Waals surface area contributed by atoms with Crippen LogP contribution in [0.15, 0.2) is 23.6 Å². The van der Waals surface area contributed by atoms with Gasteiger partial charge in [0.05, 0.1) is 5.01 Å². The summed E-state index contributed by atoms with van der Waals surface area (Å²) in [6.45, 7) is 6.39. The molecule has 2 nitrogen and oxygen atoms in total. The van der Waals surface area contributed by atoms with E-state index in [1.807, 2.05) is 7.05 Å². The molecule has 0 aliphatic carbocycles. The zero-order valence-electron chi connectivity index (χ0n) is 12.2. The standard InChI is InChI=1S/C16H22N2S/c1-11-5-6-14(7-12(11)2)8-15(17-4)9-16-18-13(3)10-19-16/h5-7,10,15,17H,8-9H2,1-4H3. The van der Waals surface area contributed by atoms with Gasteiger partial charge in [0.25, 0.3) is 0 Å². The van der Waals surface area contributed by atoms with Crippen molar-refractivity contribution in [1.82, 2.24) is 10.3 Å². The van der Waals surface area contributed by atoms with Crippen molar-refractivity contribution < 1.29 is 0 Å². The van der Waals surface area contributed by atoms with Gasteiger partial charge in [-0.15, -0.1) is 11.3 Å². The van der Waals surface area contributed by atoms with Crippen LogP contribution in [-0.2, 0) is 12.8 Å². The Morgan fingerprint density at radius 1 is 1.16 bits per heavy atom. The Hall–Kier alpha value is -1.19. The van der Waals surface area contributed by atoms with Gasteiger partial charge in [-0.2, -0.15) is 0 Å². The Kier molecular flexibility index (Phi) is 4.72. The molecule has 3 heteroatoms. The Balaban J connectivity index is 2.04. The topological polar surface area (TPSA) is 24.9 Å². The van der Waals surface area contributed by atoms with E-state index in [-0.39, 0.29) is 0 Å². The van der Waals surface area contributed by atoms with Crippen LogP contribution in [0, 0.1) is 20.8 Å². The fourth-order valence-corrected chi connectivity index (χ4v) is 3.05. The monoisotopic (exact) mass is 274 g/mol. The van der Waals surface area contributed by atoms with Gasteiger partial charge in [-0.3, -0.25) is 0 Å². The molecule has 1 unspecified atom stereocenters. The first kappa shape index (κ1) is 14.2. The van der Waals surface area contributed by atoms with Crippen molar-refractivity contribution in [2.75, 3.05) is 7.05 Å². The molecule has 0 saturated heterocycles. The molecule has 0 bridgehead atoms. The average Bonchev–Trinajstić information content (AvgIpc) is 2.78. The molecule has 2 aromatic rings. The van der Waals surface area contributed by atoms with Crippen LogP contribution in [0.4, 0.5) is 0 Å². The molecule has 0 amide bonds. The van der Waals surface area contributed by atoms with Crippen LogP contribution in [0.25, 0.3) is 0 Å².